The van der Waals surface area contributed by atoms with E-state index in [1.54, 1.807) is 13.3 Å². The number of hydrogen-bond acceptors (Lipinski definition) is 3. The van der Waals surface area contributed by atoms with Crippen molar-refractivity contribution < 1.29 is 9.53 Å². The molecule has 0 radical (unpaired) electrons. The predicted molar refractivity (Wildman–Crippen MR) is 93.0 cm³/mol. The van der Waals surface area contributed by atoms with E-state index in [9.17, 15) is 4.79 Å². The van der Waals surface area contributed by atoms with Crippen molar-refractivity contribution >= 4 is 5.91 Å². The first-order valence-corrected chi connectivity index (χ1v) is 8.67. The Bertz CT molecular complexity index is 708. The molecule has 5 heteroatoms. The van der Waals surface area contributed by atoms with Crippen LogP contribution in [0.15, 0.2) is 30.6 Å². The third kappa shape index (κ3) is 3.61. The van der Waals surface area contributed by atoms with E-state index in [1.165, 1.54) is 11.1 Å². The molecule has 3 rings (SSSR count). The Morgan fingerprint density at radius 1 is 1.46 bits per heavy atom. The molecule has 0 saturated carbocycles. The van der Waals surface area contributed by atoms with Crippen molar-refractivity contribution in [2.45, 2.75) is 51.6 Å². The highest BCUT2D eigenvalue weighted by molar-refractivity contribution is 5.76. The summed E-state index contributed by atoms with van der Waals surface area (Å²) in [6, 6.07) is 6.26. The second kappa shape index (κ2) is 7.51. The lowest BCUT2D eigenvalue weighted by molar-refractivity contribution is -0.122. The van der Waals surface area contributed by atoms with Gasteiger partial charge in [-0.25, -0.2) is 4.98 Å². The molecule has 1 N–H and O–H groups in total. The third-order valence-corrected chi connectivity index (χ3v) is 4.70. The van der Waals surface area contributed by atoms with Gasteiger partial charge in [-0.1, -0.05) is 13.0 Å². The number of nitrogens with one attached hydrogen (secondary N) is 1. The minimum Gasteiger partial charge on any atom is -0.497 e. The summed E-state index contributed by atoms with van der Waals surface area (Å²) in [4.78, 5) is 16.7. The molecule has 0 saturated heterocycles. The fourth-order valence-electron chi connectivity index (χ4n) is 3.41. The summed E-state index contributed by atoms with van der Waals surface area (Å²) < 4.78 is 7.36. The van der Waals surface area contributed by atoms with Gasteiger partial charge >= 0.3 is 0 Å². The largest absolute Gasteiger partial charge is 0.497 e. The number of methoxy groups -OCH3 is 1. The molecule has 0 spiro atoms. The minimum absolute atomic E-state index is 0.0967. The summed E-state index contributed by atoms with van der Waals surface area (Å²) in [5, 5.41) is 3.20. The maximum absolute atomic E-state index is 12.4. The van der Waals surface area contributed by atoms with Gasteiger partial charge in [0.1, 0.15) is 11.6 Å². The van der Waals surface area contributed by atoms with Crippen molar-refractivity contribution in [1.82, 2.24) is 14.9 Å². The molecule has 1 amide bonds. The van der Waals surface area contributed by atoms with Crippen LogP contribution in [-0.2, 0) is 24.2 Å². The summed E-state index contributed by atoms with van der Waals surface area (Å²) in [5.74, 6) is 2.00. The molecule has 5 nitrogen and oxygen atoms in total. The number of amides is 1. The zero-order chi connectivity index (χ0) is 16.9. The molecule has 128 valence electrons. The van der Waals surface area contributed by atoms with E-state index in [4.69, 9.17) is 4.74 Å². The van der Waals surface area contributed by atoms with Crippen LogP contribution in [0.3, 0.4) is 0 Å². The number of imidazole rings is 1. The standard InChI is InChI=1S/C19H25N3O2/c1-3-18-20-10-12-22(18)11-9-19(23)21-17-6-4-5-14-13-15(24-2)7-8-16(14)17/h7-8,10,12-13,17H,3-6,9,11H2,1-2H3,(H,21,23)/t17-/m0/s1. The van der Waals surface area contributed by atoms with Gasteiger partial charge in [-0.15, -0.1) is 0 Å². The third-order valence-electron chi connectivity index (χ3n) is 4.70. The number of aryl methyl sites for hydroxylation is 3. The number of rotatable bonds is 6. The number of fused-ring (bicyclic) bond motifs is 1. The number of nitrogens with zero attached hydrogens (tertiary/aromatic N) is 2. The lowest BCUT2D eigenvalue weighted by Crippen LogP contribution is -2.31. The average Bonchev–Trinajstić information content (AvgIpc) is 3.07. The lowest BCUT2D eigenvalue weighted by atomic mass is 9.87. The Kier molecular flexibility index (Phi) is 5.18. The molecule has 0 unspecified atom stereocenters. The highest BCUT2D eigenvalue weighted by Crippen LogP contribution is 2.32. The van der Waals surface area contributed by atoms with Crippen LogP contribution in [0.5, 0.6) is 5.75 Å². The lowest BCUT2D eigenvalue weighted by Gasteiger charge is -2.27. The highest BCUT2D eigenvalue weighted by atomic mass is 16.5. The van der Waals surface area contributed by atoms with Crippen molar-refractivity contribution in [2.24, 2.45) is 0 Å². The molecule has 24 heavy (non-hydrogen) atoms. The van der Waals surface area contributed by atoms with E-state index in [2.05, 4.69) is 33.9 Å². The summed E-state index contributed by atoms with van der Waals surface area (Å²) in [6.07, 6.45) is 8.23. The number of benzene rings is 1. The van der Waals surface area contributed by atoms with Crippen molar-refractivity contribution in [3.63, 3.8) is 0 Å². The summed E-state index contributed by atoms with van der Waals surface area (Å²) >= 11 is 0. The normalized spacial score (nSPS) is 16.5. The van der Waals surface area contributed by atoms with Crippen LogP contribution in [0.2, 0.25) is 0 Å². The Morgan fingerprint density at radius 3 is 3.12 bits per heavy atom. The van der Waals surface area contributed by atoms with Gasteiger partial charge in [0, 0.05) is 31.8 Å². The van der Waals surface area contributed by atoms with Crippen LogP contribution in [-0.4, -0.2) is 22.6 Å². The van der Waals surface area contributed by atoms with E-state index in [-0.39, 0.29) is 11.9 Å². The molecule has 1 aromatic carbocycles. The van der Waals surface area contributed by atoms with E-state index in [0.29, 0.717) is 13.0 Å². The number of carbonyl (C=O) groups excluding carboxylic acids is 1. The van der Waals surface area contributed by atoms with Crippen molar-refractivity contribution in [3.8, 4) is 5.75 Å². The summed E-state index contributed by atoms with van der Waals surface area (Å²) in [7, 11) is 1.68. The molecule has 0 aliphatic heterocycles. The van der Waals surface area contributed by atoms with Crippen LogP contribution in [0.1, 0.15) is 49.2 Å². The van der Waals surface area contributed by atoms with Gasteiger partial charge in [-0.2, -0.15) is 0 Å². The fourth-order valence-corrected chi connectivity index (χ4v) is 3.41. The average molecular weight is 327 g/mol. The quantitative estimate of drug-likeness (QED) is 0.887. The number of ether oxygens (including phenoxy) is 1. The molecule has 2 aromatic rings. The Hall–Kier alpha value is -2.30. The van der Waals surface area contributed by atoms with E-state index in [1.807, 2.05) is 12.3 Å². The summed E-state index contributed by atoms with van der Waals surface area (Å²) in [5.41, 5.74) is 2.51. The first-order valence-electron chi connectivity index (χ1n) is 8.67. The topological polar surface area (TPSA) is 56.2 Å². The molecule has 1 atom stereocenters. The number of hydrogen-bond donors (Lipinski definition) is 1. The maximum Gasteiger partial charge on any atom is 0.222 e. The van der Waals surface area contributed by atoms with Crippen molar-refractivity contribution in [3.05, 3.63) is 47.5 Å². The predicted octanol–water partition coefficient (Wildman–Crippen LogP) is 3.04. The van der Waals surface area contributed by atoms with Crippen molar-refractivity contribution in [2.75, 3.05) is 7.11 Å². The van der Waals surface area contributed by atoms with Crippen LogP contribution in [0, 0.1) is 0 Å². The number of carbonyl (C=O) groups is 1. The maximum atomic E-state index is 12.4. The van der Waals surface area contributed by atoms with E-state index in [0.717, 1.165) is 37.3 Å². The zero-order valence-electron chi connectivity index (χ0n) is 14.4. The molecular formula is C19H25N3O2. The second-order valence-electron chi connectivity index (χ2n) is 6.22. The number of aromatic nitrogens is 2. The molecule has 0 fully saturated rings. The molecule has 1 aliphatic rings. The smallest absolute Gasteiger partial charge is 0.222 e. The highest BCUT2D eigenvalue weighted by Gasteiger charge is 2.22. The molecule has 1 aromatic heterocycles. The van der Waals surface area contributed by atoms with Gasteiger partial charge in [-0.05, 0) is 42.5 Å². The molecule has 1 heterocycles. The zero-order valence-corrected chi connectivity index (χ0v) is 14.4. The van der Waals surface area contributed by atoms with Gasteiger partial charge in [0.15, 0.2) is 0 Å². The Morgan fingerprint density at radius 2 is 2.33 bits per heavy atom. The van der Waals surface area contributed by atoms with Crippen LogP contribution in [0.25, 0.3) is 0 Å². The van der Waals surface area contributed by atoms with Gasteiger partial charge in [0.2, 0.25) is 5.91 Å². The van der Waals surface area contributed by atoms with Gasteiger partial charge in [0.25, 0.3) is 0 Å². The van der Waals surface area contributed by atoms with E-state index < -0.39 is 0 Å². The van der Waals surface area contributed by atoms with Crippen LogP contribution >= 0.6 is 0 Å². The van der Waals surface area contributed by atoms with Gasteiger partial charge < -0.3 is 14.6 Å². The first-order chi connectivity index (χ1) is 11.7. The second-order valence-corrected chi connectivity index (χ2v) is 6.22. The Balaban J connectivity index is 1.61. The van der Waals surface area contributed by atoms with Crippen molar-refractivity contribution in [1.29, 1.82) is 0 Å². The van der Waals surface area contributed by atoms with Crippen LogP contribution in [0.4, 0.5) is 0 Å². The molecule has 0 bridgehead atoms. The Labute approximate surface area is 143 Å². The molecule has 1 aliphatic carbocycles. The monoisotopic (exact) mass is 327 g/mol. The first kappa shape index (κ1) is 16.6. The minimum atomic E-state index is 0.0967. The van der Waals surface area contributed by atoms with Gasteiger partial charge in [-0.3, -0.25) is 4.79 Å². The SMILES string of the molecule is CCc1nccn1CCC(=O)N[C@H]1CCCc2cc(OC)ccc21. The van der Waals surface area contributed by atoms with Crippen LogP contribution < -0.4 is 10.1 Å². The fraction of sp³-hybridized carbons (Fsp3) is 0.474. The van der Waals surface area contributed by atoms with E-state index >= 15 is 0 Å². The summed E-state index contributed by atoms with van der Waals surface area (Å²) in [6.45, 7) is 2.75. The molecular weight excluding hydrogens is 302 g/mol. The van der Waals surface area contributed by atoms with Gasteiger partial charge in [0.05, 0.1) is 13.2 Å².